The molecule has 0 saturated heterocycles. The minimum Gasteiger partial charge on any atom is -0.491 e. The Morgan fingerprint density at radius 1 is 1.17 bits per heavy atom. The predicted molar refractivity (Wildman–Crippen MR) is 110 cm³/mol. The summed E-state index contributed by atoms with van der Waals surface area (Å²) >= 11 is 7.40. The van der Waals surface area contributed by atoms with Crippen molar-refractivity contribution >= 4 is 51.5 Å². The minimum atomic E-state index is -0.231. The van der Waals surface area contributed by atoms with Crippen molar-refractivity contribution in [2.45, 2.75) is 26.9 Å². The van der Waals surface area contributed by atoms with Crippen molar-refractivity contribution in [3.63, 3.8) is 0 Å². The van der Waals surface area contributed by atoms with Gasteiger partial charge in [0, 0.05) is 14.8 Å². The van der Waals surface area contributed by atoms with Gasteiger partial charge in [0.15, 0.2) is 5.11 Å². The lowest BCUT2D eigenvalue weighted by atomic mass is 10.1. The van der Waals surface area contributed by atoms with Crippen molar-refractivity contribution in [2.75, 3.05) is 5.32 Å². The molecular weight excluding hydrogens is 435 g/mol. The molecule has 0 aliphatic carbocycles. The lowest BCUT2D eigenvalue weighted by molar-refractivity contribution is 0.0977. The summed E-state index contributed by atoms with van der Waals surface area (Å²) in [5, 5.41) is 5.93. The number of carbonyl (C=O) groups is 1. The zero-order valence-corrected chi connectivity index (χ0v) is 16.7. The maximum absolute atomic E-state index is 12.2. The molecule has 0 heterocycles. The molecule has 0 spiro atoms. The van der Waals surface area contributed by atoms with Crippen LogP contribution in [0.15, 0.2) is 42.5 Å². The number of benzene rings is 2. The molecule has 2 aromatic rings. The molecule has 0 bridgehead atoms. The number of carbonyl (C=O) groups excluding carboxylic acids is 1. The molecule has 2 rings (SSSR count). The highest BCUT2D eigenvalue weighted by Crippen LogP contribution is 2.17. The molecule has 6 heteroatoms. The second kappa shape index (κ2) is 8.43. The van der Waals surface area contributed by atoms with E-state index in [0.29, 0.717) is 5.56 Å². The first-order valence-electron chi connectivity index (χ1n) is 7.50. The lowest BCUT2D eigenvalue weighted by Crippen LogP contribution is -2.34. The number of nitrogens with one attached hydrogen (secondary N) is 2. The van der Waals surface area contributed by atoms with Crippen LogP contribution in [0.2, 0.25) is 0 Å². The van der Waals surface area contributed by atoms with Gasteiger partial charge in [-0.3, -0.25) is 10.1 Å². The summed E-state index contributed by atoms with van der Waals surface area (Å²) in [6.45, 7) is 5.95. The zero-order valence-electron chi connectivity index (χ0n) is 13.7. The van der Waals surface area contributed by atoms with E-state index < -0.39 is 0 Å². The number of amides is 1. The average Bonchev–Trinajstić information content (AvgIpc) is 2.51. The molecule has 0 radical (unpaired) electrons. The van der Waals surface area contributed by atoms with E-state index in [1.807, 2.05) is 57.2 Å². The third-order valence-corrected chi connectivity index (χ3v) is 4.51. The Balaban J connectivity index is 1.94. The lowest BCUT2D eigenvalue weighted by Gasteiger charge is -2.12. The Hall–Kier alpha value is -1.67. The van der Waals surface area contributed by atoms with Gasteiger partial charge >= 0.3 is 0 Å². The van der Waals surface area contributed by atoms with Gasteiger partial charge < -0.3 is 10.1 Å². The van der Waals surface area contributed by atoms with E-state index in [4.69, 9.17) is 17.0 Å². The largest absolute Gasteiger partial charge is 0.491 e. The van der Waals surface area contributed by atoms with Gasteiger partial charge in [-0.05, 0) is 97.5 Å². The molecule has 0 unspecified atom stereocenters. The van der Waals surface area contributed by atoms with Crippen LogP contribution < -0.4 is 15.4 Å². The molecule has 2 aromatic carbocycles. The standard InChI is InChI=1S/C18H19IN2O2S/c1-11(2)23-15-8-6-14(7-9-15)20-18(24)21-17(22)13-5-4-12(3)16(19)10-13/h4-11H,1-3H3,(H2,20,21,22,24). The van der Waals surface area contributed by atoms with Crippen LogP contribution in [0, 0.1) is 10.5 Å². The highest BCUT2D eigenvalue weighted by Gasteiger charge is 2.09. The number of thiocarbonyl (C=S) groups is 1. The van der Waals surface area contributed by atoms with Gasteiger partial charge in [-0.2, -0.15) is 0 Å². The van der Waals surface area contributed by atoms with E-state index in [1.165, 1.54) is 0 Å². The third kappa shape index (κ3) is 5.45. The van der Waals surface area contributed by atoms with Crippen LogP contribution in [0.1, 0.15) is 29.8 Å². The van der Waals surface area contributed by atoms with Crippen molar-refractivity contribution in [3.05, 3.63) is 57.2 Å². The first-order valence-corrected chi connectivity index (χ1v) is 8.99. The predicted octanol–water partition coefficient (Wildman–Crippen LogP) is 4.51. The summed E-state index contributed by atoms with van der Waals surface area (Å²) in [6, 6.07) is 13.0. The van der Waals surface area contributed by atoms with E-state index in [-0.39, 0.29) is 17.1 Å². The van der Waals surface area contributed by atoms with Crippen molar-refractivity contribution in [1.82, 2.24) is 5.32 Å². The van der Waals surface area contributed by atoms with Crippen LogP contribution in [0.25, 0.3) is 0 Å². The van der Waals surface area contributed by atoms with Gasteiger partial charge in [-0.25, -0.2) is 0 Å². The minimum absolute atomic E-state index is 0.126. The number of anilines is 1. The van der Waals surface area contributed by atoms with Crippen molar-refractivity contribution in [3.8, 4) is 5.75 Å². The highest BCUT2D eigenvalue weighted by atomic mass is 127. The van der Waals surface area contributed by atoms with E-state index in [0.717, 1.165) is 20.6 Å². The van der Waals surface area contributed by atoms with Gasteiger partial charge in [0.1, 0.15) is 5.75 Å². The van der Waals surface area contributed by atoms with Gasteiger partial charge in [-0.1, -0.05) is 6.07 Å². The molecule has 0 aliphatic rings. The van der Waals surface area contributed by atoms with Crippen LogP contribution in [-0.2, 0) is 0 Å². The second-order valence-corrected chi connectivity index (χ2v) is 7.13. The smallest absolute Gasteiger partial charge is 0.257 e. The Morgan fingerprint density at radius 3 is 2.42 bits per heavy atom. The summed E-state index contributed by atoms with van der Waals surface area (Å²) < 4.78 is 6.63. The third-order valence-electron chi connectivity index (χ3n) is 3.15. The first kappa shape index (κ1) is 18.7. The molecule has 1 amide bonds. The maximum Gasteiger partial charge on any atom is 0.257 e. The first-order chi connectivity index (χ1) is 11.3. The average molecular weight is 454 g/mol. The van der Waals surface area contributed by atoms with E-state index >= 15 is 0 Å². The number of hydrogen-bond donors (Lipinski definition) is 2. The number of hydrogen-bond acceptors (Lipinski definition) is 3. The van der Waals surface area contributed by atoms with Crippen LogP contribution in [-0.4, -0.2) is 17.1 Å². The van der Waals surface area contributed by atoms with Crippen molar-refractivity contribution < 1.29 is 9.53 Å². The number of ether oxygens (including phenoxy) is 1. The Bertz CT molecular complexity index is 745. The zero-order chi connectivity index (χ0) is 17.7. The van der Waals surface area contributed by atoms with E-state index in [2.05, 4.69) is 33.2 Å². The van der Waals surface area contributed by atoms with Crippen LogP contribution >= 0.6 is 34.8 Å². The highest BCUT2D eigenvalue weighted by molar-refractivity contribution is 14.1. The monoisotopic (exact) mass is 454 g/mol. The quantitative estimate of drug-likeness (QED) is 0.527. The number of rotatable bonds is 4. The SMILES string of the molecule is Cc1ccc(C(=O)NC(=S)Nc2ccc(OC(C)C)cc2)cc1I. The summed E-state index contributed by atoms with van der Waals surface area (Å²) in [6.07, 6.45) is 0.126. The molecule has 0 aromatic heterocycles. The van der Waals surface area contributed by atoms with Crippen LogP contribution in [0.5, 0.6) is 5.75 Å². The summed E-state index contributed by atoms with van der Waals surface area (Å²) in [4.78, 5) is 12.2. The normalized spacial score (nSPS) is 10.4. The van der Waals surface area contributed by atoms with Crippen LogP contribution in [0.4, 0.5) is 5.69 Å². The van der Waals surface area contributed by atoms with Crippen LogP contribution in [0.3, 0.4) is 0 Å². The Morgan fingerprint density at radius 2 is 1.83 bits per heavy atom. The number of halogens is 1. The second-order valence-electron chi connectivity index (χ2n) is 5.56. The summed E-state index contributed by atoms with van der Waals surface area (Å²) in [5.41, 5.74) is 2.50. The fraction of sp³-hybridized carbons (Fsp3) is 0.222. The molecule has 126 valence electrons. The Kier molecular flexibility index (Phi) is 6.56. The molecule has 2 N–H and O–H groups in total. The molecule has 0 atom stereocenters. The fourth-order valence-corrected chi connectivity index (χ4v) is 2.69. The van der Waals surface area contributed by atoms with Gasteiger partial charge in [-0.15, -0.1) is 0 Å². The topological polar surface area (TPSA) is 50.4 Å². The van der Waals surface area contributed by atoms with Crippen molar-refractivity contribution in [2.24, 2.45) is 0 Å². The Labute approximate surface area is 161 Å². The van der Waals surface area contributed by atoms with E-state index in [9.17, 15) is 4.79 Å². The van der Waals surface area contributed by atoms with E-state index in [1.54, 1.807) is 6.07 Å². The fourth-order valence-electron chi connectivity index (χ4n) is 1.96. The molecule has 0 saturated carbocycles. The van der Waals surface area contributed by atoms with Gasteiger partial charge in [0.05, 0.1) is 6.10 Å². The maximum atomic E-state index is 12.2. The summed E-state index contributed by atoms with van der Waals surface area (Å²) in [7, 11) is 0. The van der Waals surface area contributed by atoms with Crippen molar-refractivity contribution in [1.29, 1.82) is 0 Å². The molecule has 24 heavy (non-hydrogen) atoms. The molecular formula is C18H19IN2O2S. The van der Waals surface area contributed by atoms with Gasteiger partial charge in [0.2, 0.25) is 0 Å². The summed E-state index contributed by atoms with van der Waals surface area (Å²) in [5.74, 6) is 0.560. The molecule has 4 nitrogen and oxygen atoms in total. The van der Waals surface area contributed by atoms with Gasteiger partial charge in [0.25, 0.3) is 5.91 Å². The number of aryl methyl sites for hydroxylation is 1. The molecule has 0 fully saturated rings. The molecule has 0 aliphatic heterocycles.